The molecular weight excluding hydrogens is 250 g/mol. The fourth-order valence-electron chi connectivity index (χ4n) is 1.03. The Bertz CT molecular complexity index is 477. The second-order valence-corrected chi connectivity index (χ2v) is 6.36. The number of aliphatic carboxylic acids is 1. The molecule has 0 aliphatic heterocycles. The van der Waals surface area contributed by atoms with Crippen molar-refractivity contribution in [2.45, 2.75) is 30.5 Å². The number of carboxylic acid groups (broad SMARTS) is 1. The first-order chi connectivity index (χ1) is 7.36. The molecule has 1 heterocycles. The van der Waals surface area contributed by atoms with E-state index in [1.807, 2.05) is 6.92 Å². The number of aryl methyl sites for hydroxylation is 1. The molecule has 1 aromatic heterocycles. The summed E-state index contributed by atoms with van der Waals surface area (Å²) in [6.45, 7) is 3.21. The molecule has 0 aliphatic carbocycles. The largest absolute Gasteiger partial charge is 0.480 e. The van der Waals surface area contributed by atoms with Crippen molar-refractivity contribution in [3.8, 4) is 0 Å². The molecule has 0 unspecified atom stereocenters. The van der Waals surface area contributed by atoms with Gasteiger partial charge in [-0.15, -0.1) is 11.3 Å². The van der Waals surface area contributed by atoms with Gasteiger partial charge in [0.05, 0.1) is 0 Å². The van der Waals surface area contributed by atoms with Crippen LogP contribution in [0.25, 0.3) is 0 Å². The summed E-state index contributed by atoms with van der Waals surface area (Å²) in [6.07, 6.45) is 0.759. The van der Waals surface area contributed by atoms with Crippen LogP contribution in [0.15, 0.2) is 16.3 Å². The first-order valence-corrected chi connectivity index (χ1v) is 7.00. The number of rotatable bonds is 5. The Hall–Kier alpha value is -0.920. The standard InChI is InChI=1S/C9H13NO4S2/c1-3-7-4-5-8(15-7)16(13,14)10-6(2)9(11)12/h4-6,10H,3H2,1-2H3,(H,11,12)/t6-/m0/s1. The zero-order chi connectivity index (χ0) is 12.3. The van der Waals surface area contributed by atoms with E-state index in [-0.39, 0.29) is 4.21 Å². The summed E-state index contributed by atoms with van der Waals surface area (Å²) in [5.41, 5.74) is 0. The van der Waals surface area contributed by atoms with Crippen LogP contribution in [0.4, 0.5) is 0 Å². The average Bonchev–Trinajstić information content (AvgIpc) is 2.65. The molecule has 1 aromatic rings. The maximum Gasteiger partial charge on any atom is 0.321 e. The van der Waals surface area contributed by atoms with Crippen LogP contribution in [0.5, 0.6) is 0 Å². The molecule has 0 bridgehead atoms. The minimum absolute atomic E-state index is 0.150. The molecule has 5 nitrogen and oxygen atoms in total. The van der Waals surface area contributed by atoms with E-state index in [1.165, 1.54) is 13.0 Å². The van der Waals surface area contributed by atoms with Gasteiger partial charge in [0, 0.05) is 4.88 Å². The van der Waals surface area contributed by atoms with Gasteiger partial charge < -0.3 is 5.11 Å². The summed E-state index contributed by atoms with van der Waals surface area (Å²) < 4.78 is 25.7. The number of carboxylic acids is 1. The van der Waals surface area contributed by atoms with Crippen molar-refractivity contribution in [3.05, 3.63) is 17.0 Å². The van der Waals surface area contributed by atoms with E-state index in [4.69, 9.17) is 5.11 Å². The van der Waals surface area contributed by atoms with Crippen LogP contribution >= 0.6 is 11.3 Å². The van der Waals surface area contributed by atoms with Crippen LogP contribution in [-0.4, -0.2) is 25.5 Å². The highest BCUT2D eigenvalue weighted by molar-refractivity contribution is 7.91. The van der Waals surface area contributed by atoms with Crippen molar-refractivity contribution in [1.82, 2.24) is 4.72 Å². The molecular formula is C9H13NO4S2. The predicted molar refractivity (Wildman–Crippen MR) is 61.1 cm³/mol. The highest BCUT2D eigenvalue weighted by atomic mass is 32.2. The molecule has 1 rings (SSSR count). The topological polar surface area (TPSA) is 83.5 Å². The van der Waals surface area contributed by atoms with E-state index in [9.17, 15) is 13.2 Å². The molecule has 1 atom stereocenters. The Morgan fingerprint density at radius 2 is 2.19 bits per heavy atom. The zero-order valence-electron chi connectivity index (χ0n) is 8.93. The molecule has 7 heteroatoms. The fraction of sp³-hybridized carbons (Fsp3) is 0.444. The van der Waals surface area contributed by atoms with Crippen LogP contribution in [-0.2, 0) is 21.2 Å². The molecule has 0 radical (unpaired) electrons. The lowest BCUT2D eigenvalue weighted by Gasteiger charge is -2.08. The summed E-state index contributed by atoms with van der Waals surface area (Å²) in [6, 6.07) is 2.09. The van der Waals surface area contributed by atoms with Crippen LogP contribution in [0, 0.1) is 0 Å². The normalized spacial score (nSPS) is 13.6. The minimum atomic E-state index is -3.71. The molecule has 0 aromatic carbocycles. The first-order valence-electron chi connectivity index (χ1n) is 4.70. The minimum Gasteiger partial charge on any atom is -0.480 e. The summed E-state index contributed by atoms with van der Waals surface area (Å²) in [7, 11) is -3.71. The Morgan fingerprint density at radius 3 is 2.62 bits per heavy atom. The summed E-state index contributed by atoms with van der Waals surface area (Å²) in [5.74, 6) is -1.20. The first kappa shape index (κ1) is 13.1. The smallest absolute Gasteiger partial charge is 0.321 e. The van der Waals surface area contributed by atoms with Gasteiger partial charge in [-0.1, -0.05) is 6.92 Å². The molecule has 0 spiro atoms. The Morgan fingerprint density at radius 1 is 1.56 bits per heavy atom. The van der Waals surface area contributed by atoms with Crippen molar-refractivity contribution in [3.63, 3.8) is 0 Å². The lowest BCUT2D eigenvalue weighted by Crippen LogP contribution is -2.37. The van der Waals surface area contributed by atoms with Gasteiger partial charge in [-0.05, 0) is 25.5 Å². The second-order valence-electron chi connectivity index (χ2n) is 3.26. The van der Waals surface area contributed by atoms with Crippen LogP contribution in [0.3, 0.4) is 0 Å². The highest BCUT2D eigenvalue weighted by Gasteiger charge is 2.22. The van der Waals surface area contributed by atoms with E-state index in [2.05, 4.69) is 4.72 Å². The van der Waals surface area contributed by atoms with Crippen LogP contribution < -0.4 is 4.72 Å². The van der Waals surface area contributed by atoms with Gasteiger partial charge in [-0.25, -0.2) is 8.42 Å². The highest BCUT2D eigenvalue weighted by Crippen LogP contribution is 2.21. The molecule has 2 N–H and O–H groups in total. The van der Waals surface area contributed by atoms with Gasteiger partial charge in [0.2, 0.25) is 0 Å². The summed E-state index contributed by atoms with van der Waals surface area (Å²) in [5, 5.41) is 8.62. The SMILES string of the molecule is CCc1ccc(S(=O)(=O)N[C@@H](C)C(=O)O)s1. The van der Waals surface area contributed by atoms with Crippen LogP contribution in [0.2, 0.25) is 0 Å². The van der Waals surface area contributed by atoms with E-state index < -0.39 is 22.0 Å². The van der Waals surface area contributed by atoms with Crippen molar-refractivity contribution in [2.75, 3.05) is 0 Å². The fourth-order valence-corrected chi connectivity index (χ4v) is 3.54. The summed E-state index contributed by atoms with van der Waals surface area (Å²) >= 11 is 1.15. The molecule has 0 fully saturated rings. The lowest BCUT2D eigenvalue weighted by atomic mass is 10.4. The predicted octanol–water partition coefficient (Wildman–Crippen LogP) is 1.06. The molecule has 90 valence electrons. The third-order valence-electron chi connectivity index (χ3n) is 1.95. The van der Waals surface area contributed by atoms with E-state index in [0.29, 0.717) is 0 Å². The molecule has 16 heavy (non-hydrogen) atoms. The lowest BCUT2D eigenvalue weighted by molar-refractivity contribution is -0.138. The Balaban J connectivity index is 2.90. The zero-order valence-corrected chi connectivity index (χ0v) is 10.6. The van der Waals surface area contributed by atoms with E-state index >= 15 is 0 Å². The van der Waals surface area contributed by atoms with Crippen molar-refractivity contribution < 1.29 is 18.3 Å². The quantitative estimate of drug-likeness (QED) is 0.832. The number of thiophene rings is 1. The molecule has 0 amide bonds. The number of hydrogen-bond acceptors (Lipinski definition) is 4. The van der Waals surface area contributed by atoms with Crippen molar-refractivity contribution >= 4 is 27.3 Å². The Labute approximate surface area is 98.2 Å². The molecule has 0 saturated heterocycles. The molecule has 0 aliphatic rings. The number of hydrogen-bond donors (Lipinski definition) is 2. The van der Waals surface area contributed by atoms with Gasteiger partial charge in [0.1, 0.15) is 10.3 Å². The van der Waals surface area contributed by atoms with Gasteiger partial charge in [-0.2, -0.15) is 4.72 Å². The number of nitrogens with one attached hydrogen (secondary N) is 1. The summed E-state index contributed by atoms with van der Waals surface area (Å²) in [4.78, 5) is 11.5. The average molecular weight is 263 g/mol. The number of carbonyl (C=O) groups is 1. The maximum atomic E-state index is 11.7. The van der Waals surface area contributed by atoms with Gasteiger partial charge in [0.15, 0.2) is 0 Å². The monoisotopic (exact) mass is 263 g/mol. The Kier molecular flexibility index (Phi) is 4.06. The van der Waals surface area contributed by atoms with Crippen LogP contribution in [0.1, 0.15) is 18.7 Å². The van der Waals surface area contributed by atoms with Gasteiger partial charge >= 0.3 is 5.97 Å². The second kappa shape index (κ2) is 4.94. The third kappa shape index (κ3) is 3.03. The van der Waals surface area contributed by atoms with Gasteiger partial charge in [-0.3, -0.25) is 4.79 Å². The molecule has 0 saturated carbocycles. The van der Waals surface area contributed by atoms with Gasteiger partial charge in [0.25, 0.3) is 10.0 Å². The van der Waals surface area contributed by atoms with Crippen molar-refractivity contribution in [2.24, 2.45) is 0 Å². The van der Waals surface area contributed by atoms with Crippen molar-refractivity contribution in [1.29, 1.82) is 0 Å². The van der Waals surface area contributed by atoms with E-state index in [1.54, 1.807) is 6.07 Å². The third-order valence-corrected chi connectivity index (χ3v) is 5.21. The number of sulfonamides is 1. The van der Waals surface area contributed by atoms with E-state index in [0.717, 1.165) is 22.6 Å². The maximum absolute atomic E-state index is 11.7.